The fraction of sp³-hybridized carbons (Fsp3) is 0.571. The van der Waals surface area contributed by atoms with Crippen molar-refractivity contribution in [2.45, 2.75) is 32.5 Å². The number of amides is 3. The third-order valence-electron chi connectivity index (χ3n) is 3.72. The maximum absolute atomic E-state index is 12.7. The molecular formula is C14H18F3N5O2. The lowest BCUT2D eigenvalue weighted by Gasteiger charge is -2.30. The summed E-state index contributed by atoms with van der Waals surface area (Å²) in [6, 6.07) is 0.251. The Morgan fingerprint density at radius 3 is 2.75 bits per heavy atom. The molecule has 1 atom stereocenters. The van der Waals surface area contributed by atoms with Gasteiger partial charge in [0, 0.05) is 18.8 Å². The van der Waals surface area contributed by atoms with E-state index in [-0.39, 0.29) is 30.5 Å². The van der Waals surface area contributed by atoms with Crippen LogP contribution < -0.4 is 11.1 Å². The Morgan fingerprint density at radius 1 is 1.42 bits per heavy atom. The van der Waals surface area contributed by atoms with Gasteiger partial charge < -0.3 is 16.0 Å². The quantitative estimate of drug-likeness (QED) is 0.860. The SMILES string of the molecule is Cc1cc(C(F)(F)F)nc(CNC(=O)[C@@H]2CCCN(C(N)=O)C2)n1. The van der Waals surface area contributed by atoms with Gasteiger partial charge in [-0.1, -0.05) is 0 Å². The second kappa shape index (κ2) is 7.02. The Kier molecular flexibility index (Phi) is 5.25. The molecule has 1 saturated heterocycles. The molecule has 0 unspecified atom stereocenters. The summed E-state index contributed by atoms with van der Waals surface area (Å²) in [6.45, 7) is 1.91. The molecule has 1 aromatic heterocycles. The van der Waals surface area contributed by atoms with Gasteiger partial charge in [-0.15, -0.1) is 0 Å². The molecule has 132 valence electrons. The summed E-state index contributed by atoms with van der Waals surface area (Å²) in [7, 11) is 0. The minimum atomic E-state index is -4.57. The van der Waals surface area contributed by atoms with Gasteiger partial charge in [-0.2, -0.15) is 13.2 Å². The average molecular weight is 345 g/mol. The molecule has 1 aliphatic rings. The molecule has 3 amide bonds. The molecule has 0 aromatic carbocycles. The number of piperidine rings is 1. The fourth-order valence-corrected chi connectivity index (χ4v) is 2.56. The third kappa shape index (κ3) is 4.56. The number of carbonyl (C=O) groups excluding carboxylic acids is 2. The van der Waals surface area contributed by atoms with E-state index in [1.165, 1.54) is 11.8 Å². The molecule has 2 rings (SSSR count). The molecule has 0 aliphatic carbocycles. The summed E-state index contributed by atoms with van der Waals surface area (Å²) in [5.74, 6) is -0.920. The van der Waals surface area contributed by atoms with Crippen molar-refractivity contribution in [2.75, 3.05) is 13.1 Å². The van der Waals surface area contributed by atoms with Crippen LogP contribution in [0, 0.1) is 12.8 Å². The van der Waals surface area contributed by atoms with E-state index in [4.69, 9.17) is 5.73 Å². The number of hydrogen-bond donors (Lipinski definition) is 2. The lowest BCUT2D eigenvalue weighted by Crippen LogP contribution is -2.47. The minimum absolute atomic E-state index is 0.113. The molecule has 1 fully saturated rings. The number of carbonyl (C=O) groups is 2. The number of primary amides is 1. The highest BCUT2D eigenvalue weighted by atomic mass is 19.4. The topological polar surface area (TPSA) is 101 Å². The summed E-state index contributed by atoms with van der Waals surface area (Å²) in [5.41, 5.74) is 4.32. The zero-order valence-electron chi connectivity index (χ0n) is 13.1. The Balaban J connectivity index is 1.99. The second-order valence-electron chi connectivity index (χ2n) is 5.65. The van der Waals surface area contributed by atoms with Crippen LogP contribution in [-0.2, 0) is 17.5 Å². The highest BCUT2D eigenvalue weighted by Crippen LogP contribution is 2.27. The first-order valence-corrected chi connectivity index (χ1v) is 7.40. The van der Waals surface area contributed by atoms with Gasteiger partial charge in [0.2, 0.25) is 5.91 Å². The molecule has 1 aromatic rings. The van der Waals surface area contributed by atoms with Gasteiger partial charge in [0.25, 0.3) is 0 Å². The maximum Gasteiger partial charge on any atom is 0.433 e. The number of hydrogen-bond acceptors (Lipinski definition) is 4. The van der Waals surface area contributed by atoms with Gasteiger partial charge in [-0.3, -0.25) is 4.79 Å². The Labute approximate surface area is 136 Å². The van der Waals surface area contributed by atoms with E-state index in [1.54, 1.807) is 0 Å². The number of alkyl halides is 3. The number of aromatic nitrogens is 2. The van der Waals surface area contributed by atoms with Crippen LogP contribution in [-0.4, -0.2) is 39.9 Å². The first-order valence-electron chi connectivity index (χ1n) is 7.40. The molecule has 1 aliphatic heterocycles. The van der Waals surface area contributed by atoms with Crippen molar-refractivity contribution in [2.24, 2.45) is 11.7 Å². The average Bonchev–Trinajstić information content (AvgIpc) is 2.51. The number of halogens is 3. The molecule has 0 radical (unpaired) electrons. The molecule has 24 heavy (non-hydrogen) atoms. The zero-order valence-corrected chi connectivity index (χ0v) is 13.1. The molecule has 3 N–H and O–H groups in total. The molecule has 0 spiro atoms. The summed E-state index contributed by atoms with van der Waals surface area (Å²) in [5, 5.41) is 2.52. The third-order valence-corrected chi connectivity index (χ3v) is 3.72. The van der Waals surface area contributed by atoms with Gasteiger partial charge >= 0.3 is 12.2 Å². The van der Waals surface area contributed by atoms with Crippen LogP contribution >= 0.6 is 0 Å². The van der Waals surface area contributed by atoms with Crippen LogP contribution in [0.3, 0.4) is 0 Å². The summed E-state index contributed by atoms with van der Waals surface area (Å²) in [4.78, 5) is 32.0. The van der Waals surface area contributed by atoms with Gasteiger partial charge in [0.05, 0.1) is 12.5 Å². The van der Waals surface area contributed by atoms with Crippen LogP contribution in [0.1, 0.15) is 30.1 Å². The Hall–Kier alpha value is -2.39. The van der Waals surface area contributed by atoms with Crippen molar-refractivity contribution < 1.29 is 22.8 Å². The molecule has 10 heteroatoms. The van der Waals surface area contributed by atoms with Crippen LogP contribution in [0.4, 0.5) is 18.0 Å². The second-order valence-corrected chi connectivity index (χ2v) is 5.65. The summed E-state index contributed by atoms with van der Waals surface area (Å²) >= 11 is 0. The van der Waals surface area contributed by atoms with Gasteiger partial charge in [0.15, 0.2) is 0 Å². The van der Waals surface area contributed by atoms with Crippen molar-refractivity contribution >= 4 is 11.9 Å². The lowest BCUT2D eigenvalue weighted by molar-refractivity contribution is -0.141. The fourth-order valence-electron chi connectivity index (χ4n) is 2.56. The molecule has 2 heterocycles. The molecule has 7 nitrogen and oxygen atoms in total. The molecule has 0 saturated carbocycles. The standard InChI is InChI=1S/C14H18F3N5O2/c1-8-5-10(14(15,16)17)21-11(20-8)6-19-12(23)9-3-2-4-22(7-9)13(18)24/h5,9H,2-4,6-7H2,1H3,(H2,18,24)(H,19,23)/t9-/m1/s1. The van der Waals surface area contributed by atoms with E-state index in [9.17, 15) is 22.8 Å². The maximum atomic E-state index is 12.7. The van der Waals surface area contributed by atoms with Crippen molar-refractivity contribution in [1.29, 1.82) is 0 Å². The van der Waals surface area contributed by atoms with E-state index >= 15 is 0 Å². The van der Waals surface area contributed by atoms with E-state index in [0.29, 0.717) is 19.4 Å². The normalized spacial score (nSPS) is 18.3. The largest absolute Gasteiger partial charge is 0.433 e. The van der Waals surface area contributed by atoms with E-state index < -0.39 is 23.8 Å². The molecular weight excluding hydrogens is 327 g/mol. The number of nitrogens with zero attached hydrogens (tertiary/aromatic N) is 3. The number of nitrogens with two attached hydrogens (primary N) is 1. The predicted molar refractivity (Wildman–Crippen MR) is 77.5 cm³/mol. The smallest absolute Gasteiger partial charge is 0.351 e. The van der Waals surface area contributed by atoms with Crippen LogP contribution in [0.15, 0.2) is 6.07 Å². The number of likely N-dealkylation sites (tertiary alicyclic amines) is 1. The van der Waals surface area contributed by atoms with Crippen molar-refractivity contribution in [1.82, 2.24) is 20.2 Å². The van der Waals surface area contributed by atoms with E-state index in [0.717, 1.165) is 6.07 Å². The van der Waals surface area contributed by atoms with Gasteiger partial charge in [-0.05, 0) is 25.8 Å². The van der Waals surface area contributed by atoms with Crippen molar-refractivity contribution in [3.63, 3.8) is 0 Å². The lowest BCUT2D eigenvalue weighted by atomic mass is 9.97. The predicted octanol–water partition coefficient (Wildman–Crippen LogP) is 1.21. The van der Waals surface area contributed by atoms with E-state index in [1.807, 2.05) is 0 Å². The highest BCUT2D eigenvalue weighted by molar-refractivity contribution is 5.80. The summed E-state index contributed by atoms with van der Waals surface area (Å²) < 4.78 is 38.2. The molecule has 0 bridgehead atoms. The van der Waals surface area contributed by atoms with E-state index in [2.05, 4.69) is 15.3 Å². The highest BCUT2D eigenvalue weighted by Gasteiger charge is 2.33. The zero-order chi connectivity index (χ0) is 17.9. The summed E-state index contributed by atoms with van der Waals surface area (Å²) in [6.07, 6.45) is -3.35. The Morgan fingerprint density at radius 2 is 2.12 bits per heavy atom. The number of nitrogens with one attached hydrogen (secondary N) is 1. The van der Waals surface area contributed by atoms with Gasteiger partial charge in [-0.25, -0.2) is 14.8 Å². The minimum Gasteiger partial charge on any atom is -0.351 e. The first kappa shape index (κ1) is 18.0. The van der Waals surface area contributed by atoms with Crippen LogP contribution in [0.2, 0.25) is 0 Å². The number of urea groups is 1. The number of rotatable bonds is 3. The van der Waals surface area contributed by atoms with Gasteiger partial charge in [0.1, 0.15) is 11.5 Å². The Bertz CT molecular complexity index is 635. The van der Waals surface area contributed by atoms with Crippen LogP contribution in [0.5, 0.6) is 0 Å². The monoisotopic (exact) mass is 345 g/mol. The van der Waals surface area contributed by atoms with Crippen molar-refractivity contribution in [3.8, 4) is 0 Å². The van der Waals surface area contributed by atoms with Crippen LogP contribution in [0.25, 0.3) is 0 Å². The van der Waals surface area contributed by atoms with Crippen molar-refractivity contribution in [3.05, 3.63) is 23.3 Å². The number of aryl methyl sites for hydroxylation is 1. The first-order chi connectivity index (χ1) is 11.2.